The maximum atomic E-state index is 2.47. The molecule has 0 fully saturated rings. The zero-order chi connectivity index (χ0) is 36.5. The Labute approximate surface area is 323 Å². The van der Waals surface area contributed by atoms with Crippen LogP contribution >= 0.6 is 0 Å². The Hall–Kier alpha value is -6.24. The maximum absolute atomic E-state index is 2.47. The van der Waals surface area contributed by atoms with Crippen LogP contribution in [-0.4, -0.2) is 0 Å². The van der Waals surface area contributed by atoms with E-state index in [1.165, 1.54) is 128 Å². The Balaban J connectivity index is 1.14. The molecule has 0 nitrogen and oxygen atoms in total. The molecule has 8 aromatic carbocycles. The molecule has 24 bridgehead atoms. The summed E-state index contributed by atoms with van der Waals surface area (Å²) in [5.74, 6) is 0. The molecule has 0 saturated heterocycles. The lowest BCUT2D eigenvalue weighted by molar-refractivity contribution is 0.907. The normalized spacial score (nSPS) is 14.6. The number of aryl methyl sites for hydroxylation is 8. The van der Waals surface area contributed by atoms with Crippen molar-refractivity contribution in [3.8, 4) is 0 Å². The van der Waals surface area contributed by atoms with Gasteiger partial charge in [-0.25, -0.2) is 0 Å². The molecule has 0 atom stereocenters. The molecule has 0 radical (unpaired) electrons. The Kier molecular flexibility index (Phi) is 6.45. The molecule has 0 amide bonds. The Morgan fingerprint density at radius 1 is 0.161 bits per heavy atom. The van der Waals surface area contributed by atoms with Gasteiger partial charge in [0.2, 0.25) is 0 Å². The average Bonchev–Trinajstić information content (AvgIpc) is 3.26. The van der Waals surface area contributed by atoms with E-state index in [0.717, 1.165) is 51.4 Å². The van der Waals surface area contributed by atoms with Gasteiger partial charge in [0.05, 0.1) is 0 Å². The summed E-state index contributed by atoms with van der Waals surface area (Å²) in [5, 5.41) is 21.9. The van der Waals surface area contributed by atoms with Crippen LogP contribution in [0, 0.1) is 83.5 Å². The smallest absolute Gasteiger partial charge is 0.0149 e. The average molecular weight is 713 g/mol. The van der Waals surface area contributed by atoms with Crippen molar-refractivity contribution in [2.24, 2.45) is 0 Å². The van der Waals surface area contributed by atoms with Crippen molar-refractivity contribution in [1.29, 1.82) is 0 Å². The Morgan fingerprint density at radius 3 is 0.411 bits per heavy atom. The molecule has 0 aliphatic heterocycles. The molecule has 0 heteroatoms. The lowest BCUT2D eigenvalue weighted by Gasteiger charge is -2.15. The second-order valence-corrected chi connectivity index (χ2v) is 17.0. The van der Waals surface area contributed by atoms with Crippen LogP contribution in [0.25, 0.3) is 0 Å². The first-order valence-electron chi connectivity index (χ1n) is 20.7. The number of benzene rings is 8. The SMILES string of the molecule is c1cc2c3cc1=c1ccc4c(c1)CCc1cc(ccc1=4)=c1ccc4c(c1)CCc1cc(ccc1=4)=c1ccc4c(c1)CCc1cc(ccc1=4)=c1ccc=2c(c1)CC3. The van der Waals surface area contributed by atoms with Crippen molar-refractivity contribution in [3.63, 3.8) is 0 Å². The molecule has 0 heterocycles. The highest BCUT2D eigenvalue weighted by Gasteiger charge is 2.13. The van der Waals surface area contributed by atoms with Gasteiger partial charge in [-0.3, -0.25) is 0 Å². The largest absolute Gasteiger partial charge is 0.0537 e. The van der Waals surface area contributed by atoms with Crippen molar-refractivity contribution < 1.29 is 0 Å². The Morgan fingerprint density at radius 2 is 0.286 bits per heavy atom. The minimum Gasteiger partial charge on any atom is -0.0537 e. The fourth-order valence-corrected chi connectivity index (χ4v) is 11.0. The lowest BCUT2D eigenvalue weighted by Crippen LogP contribution is -2.03. The van der Waals surface area contributed by atoms with Gasteiger partial charge in [-0.05, 0) is 179 Å². The molecular weight excluding hydrogens is 673 g/mol. The van der Waals surface area contributed by atoms with Crippen LogP contribution in [0.4, 0.5) is 0 Å². The first kappa shape index (κ1) is 31.0. The third-order valence-electron chi connectivity index (χ3n) is 14.0. The highest BCUT2D eigenvalue weighted by molar-refractivity contribution is 5.41. The van der Waals surface area contributed by atoms with Gasteiger partial charge in [0, 0.05) is 0 Å². The molecule has 28 aliphatic carbocycles. The first-order chi connectivity index (χ1) is 27.7. The van der Waals surface area contributed by atoms with E-state index in [-0.39, 0.29) is 0 Å². The summed E-state index contributed by atoms with van der Waals surface area (Å²) >= 11 is 0. The summed E-state index contributed by atoms with van der Waals surface area (Å²) in [6, 6.07) is 57.7. The van der Waals surface area contributed by atoms with Crippen molar-refractivity contribution in [2.75, 3.05) is 0 Å². The van der Waals surface area contributed by atoms with Crippen molar-refractivity contribution >= 4 is 0 Å². The molecule has 36 rings (SSSR count). The van der Waals surface area contributed by atoms with E-state index in [2.05, 4.69) is 146 Å². The molecule has 0 unspecified atom stereocenters. The van der Waals surface area contributed by atoms with E-state index in [4.69, 9.17) is 0 Å². The molecule has 0 N–H and O–H groups in total. The van der Waals surface area contributed by atoms with Crippen LogP contribution in [0.15, 0.2) is 146 Å². The van der Waals surface area contributed by atoms with E-state index in [1.807, 2.05) is 0 Å². The summed E-state index contributed by atoms with van der Waals surface area (Å²) in [5.41, 5.74) is 11.8. The zero-order valence-electron chi connectivity index (χ0n) is 31.5. The molecule has 56 heavy (non-hydrogen) atoms. The molecule has 8 aromatic rings. The van der Waals surface area contributed by atoms with Gasteiger partial charge in [-0.15, -0.1) is 0 Å². The van der Waals surface area contributed by atoms with Crippen molar-refractivity contribution in [1.82, 2.24) is 0 Å². The monoisotopic (exact) mass is 712 g/mol. The second kappa shape index (κ2) is 11.6. The van der Waals surface area contributed by atoms with E-state index >= 15 is 0 Å². The predicted molar refractivity (Wildman–Crippen MR) is 223 cm³/mol. The zero-order valence-corrected chi connectivity index (χ0v) is 31.5. The van der Waals surface area contributed by atoms with Crippen LogP contribution in [0.3, 0.4) is 0 Å². The van der Waals surface area contributed by atoms with E-state index in [9.17, 15) is 0 Å². The van der Waals surface area contributed by atoms with Gasteiger partial charge >= 0.3 is 0 Å². The number of hydrogen-bond donors (Lipinski definition) is 0. The van der Waals surface area contributed by atoms with E-state index < -0.39 is 0 Å². The fraction of sp³-hybridized carbons (Fsp3) is 0.143. The number of hydrogen-bond acceptors (Lipinski definition) is 0. The van der Waals surface area contributed by atoms with Gasteiger partial charge in [0.1, 0.15) is 0 Å². The second-order valence-electron chi connectivity index (χ2n) is 17.0. The molecule has 264 valence electrons. The summed E-state index contributed by atoms with van der Waals surface area (Å²) in [7, 11) is 0. The predicted octanol–water partition coefficient (Wildman–Crippen LogP) is 10.7. The first-order valence-corrected chi connectivity index (χ1v) is 20.7. The van der Waals surface area contributed by atoms with Crippen LogP contribution in [-0.2, 0) is 51.4 Å². The van der Waals surface area contributed by atoms with E-state index in [0.29, 0.717) is 0 Å². The maximum Gasteiger partial charge on any atom is -0.0149 e. The van der Waals surface area contributed by atoms with Gasteiger partial charge in [0.25, 0.3) is 0 Å². The number of rotatable bonds is 0. The molecule has 28 aliphatic rings. The van der Waals surface area contributed by atoms with Gasteiger partial charge in [0.15, 0.2) is 0 Å². The van der Waals surface area contributed by atoms with Crippen LogP contribution < -0.4 is 0 Å². The molecule has 0 aromatic heterocycles. The third-order valence-corrected chi connectivity index (χ3v) is 14.0. The topological polar surface area (TPSA) is 0 Å². The lowest BCUT2D eigenvalue weighted by atomic mass is 9.90. The van der Waals surface area contributed by atoms with Crippen molar-refractivity contribution in [2.45, 2.75) is 51.4 Å². The molecular formula is C56H40. The summed E-state index contributed by atoms with van der Waals surface area (Å²) in [4.78, 5) is 0. The third kappa shape index (κ3) is 4.66. The van der Waals surface area contributed by atoms with Crippen molar-refractivity contribution in [3.05, 3.63) is 274 Å². The van der Waals surface area contributed by atoms with Crippen LogP contribution in [0.1, 0.15) is 44.5 Å². The van der Waals surface area contributed by atoms with E-state index in [1.54, 1.807) is 0 Å². The summed E-state index contributed by atoms with van der Waals surface area (Å²) in [6.07, 6.45) is 8.66. The van der Waals surface area contributed by atoms with Gasteiger partial charge < -0.3 is 0 Å². The van der Waals surface area contributed by atoms with Gasteiger partial charge in [-0.1, -0.05) is 146 Å². The van der Waals surface area contributed by atoms with Crippen LogP contribution in [0.2, 0.25) is 0 Å². The summed E-state index contributed by atoms with van der Waals surface area (Å²) in [6.45, 7) is 0. The highest BCUT2D eigenvalue weighted by atomic mass is 14.2. The Bertz CT molecular complexity index is 3160. The highest BCUT2D eigenvalue weighted by Crippen LogP contribution is 2.25. The van der Waals surface area contributed by atoms with Gasteiger partial charge in [-0.2, -0.15) is 0 Å². The summed E-state index contributed by atoms with van der Waals surface area (Å²) < 4.78 is 0. The van der Waals surface area contributed by atoms with Crippen LogP contribution in [0.5, 0.6) is 0 Å². The minimum atomic E-state index is 1.08. The standard InChI is InChI=1S/C56H40/c1-2-42-26-34-10-18-50(42)49-17-9-33(25-41(1)49)35-11-19-51-43(27-35)3-4-45-29-37(13-21-53(45)51)39-15-23-55-47(31-39)7-8-48-32-40(16-24-56(48)55)38-14-22-54-46(30-38)6-5-44-28-36(34)12-20-52(44)54/h9-32H,1-8H2. The molecule has 0 spiro atoms. The molecule has 0 saturated carbocycles. The quantitative estimate of drug-likeness (QED) is 0.147. The minimum absolute atomic E-state index is 1.08. The fourth-order valence-electron chi connectivity index (χ4n) is 11.0.